The normalized spacial score (nSPS) is 11.6. The maximum absolute atomic E-state index is 11.3. The number of hydrogen-bond acceptors (Lipinski definition) is 3. The predicted octanol–water partition coefficient (Wildman–Crippen LogP) is 1.99. The molecule has 1 unspecified atom stereocenters. The summed E-state index contributed by atoms with van der Waals surface area (Å²) in [5, 5.41) is 11.8. The lowest BCUT2D eigenvalue weighted by molar-refractivity contribution is -0.137. The third-order valence-electron chi connectivity index (χ3n) is 2.29. The van der Waals surface area contributed by atoms with Crippen molar-refractivity contribution in [3.05, 3.63) is 40.9 Å². The fraction of sp³-hybridized carbons (Fsp3) is 0.167. The van der Waals surface area contributed by atoms with Crippen LogP contribution in [0.2, 0.25) is 0 Å². The standard InChI is InChI=1S/C12H13BrN2O3/c1-2-4-9(12(17)18)15-8-6-3-5-7(13)10(8)11(14)16/h2-3,5-6,9,15H,1,4H2,(H2,14,16)(H,17,18). The van der Waals surface area contributed by atoms with E-state index in [0.29, 0.717) is 10.2 Å². The summed E-state index contributed by atoms with van der Waals surface area (Å²) < 4.78 is 0.516. The largest absolute Gasteiger partial charge is 0.480 e. The molecule has 0 aliphatic carbocycles. The molecule has 1 rings (SSSR count). The molecule has 1 atom stereocenters. The second kappa shape index (κ2) is 6.20. The van der Waals surface area contributed by atoms with Gasteiger partial charge in [-0.3, -0.25) is 4.79 Å². The summed E-state index contributed by atoms with van der Waals surface area (Å²) in [5.74, 6) is -1.65. The van der Waals surface area contributed by atoms with Gasteiger partial charge >= 0.3 is 5.97 Å². The Morgan fingerprint density at radius 2 is 2.22 bits per heavy atom. The molecule has 0 saturated carbocycles. The number of hydrogen-bond donors (Lipinski definition) is 3. The number of benzene rings is 1. The van der Waals surface area contributed by atoms with Gasteiger partial charge in [0.1, 0.15) is 6.04 Å². The molecule has 1 aromatic carbocycles. The molecule has 0 aliphatic rings. The highest BCUT2D eigenvalue weighted by Crippen LogP contribution is 2.25. The van der Waals surface area contributed by atoms with Gasteiger partial charge in [0.15, 0.2) is 0 Å². The minimum Gasteiger partial charge on any atom is -0.480 e. The topological polar surface area (TPSA) is 92.4 Å². The van der Waals surface area contributed by atoms with Crippen molar-refractivity contribution in [2.24, 2.45) is 5.73 Å². The van der Waals surface area contributed by atoms with Crippen LogP contribution in [-0.4, -0.2) is 23.0 Å². The third kappa shape index (κ3) is 3.33. The van der Waals surface area contributed by atoms with E-state index in [1.165, 1.54) is 6.08 Å². The van der Waals surface area contributed by atoms with E-state index in [9.17, 15) is 9.59 Å². The molecule has 6 heteroatoms. The van der Waals surface area contributed by atoms with E-state index in [0.717, 1.165) is 0 Å². The average molecular weight is 313 g/mol. The minimum absolute atomic E-state index is 0.229. The maximum Gasteiger partial charge on any atom is 0.326 e. The van der Waals surface area contributed by atoms with Gasteiger partial charge in [-0.1, -0.05) is 12.1 Å². The Labute approximate surface area is 113 Å². The van der Waals surface area contributed by atoms with Crippen LogP contribution in [0.5, 0.6) is 0 Å². The summed E-state index contributed by atoms with van der Waals surface area (Å²) >= 11 is 3.21. The van der Waals surface area contributed by atoms with Crippen molar-refractivity contribution in [1.29, 1.82) is 0 Å². The van der Waals surface area contributed by atoms with Crippen LogP contribution in [0.1, 0.15) is 16.8 Å². The number of nitrogens with one attached hydrogen (secondary N) is 1. The van der Waals surface area contributed by atoms with Crippen LogP contribution in [0.4, 0.5) is 5.69 Å². The number of nitrogens with two attached hydrogens (primary N) is 1. The number of anilines is 1. The minimum atomic E-state index is -1.02. The van der Waals surface area contributed by atoms with Gasteiger partial charge < -0.3 is 16.2 Å². The summed E-state index contributed by atoms with van der Waals surface area (Å²) in [5.41, 5.74) is 5.87. The fourth-order valence-electron chi connectivity index (χ4n) is 1.47. The quantitative estimate of drug-likeness (QED) is 0.700. The van der Waals surface area contributed by atoms with E-state index in [2.05, 4.69) is 27.8 Å². The monoisotopic (exact) mass is 312 g/mol. The molecule has 0 bridgehead atoms. The first-order chi connectivity index (χ1) is 8.47. The fourth-order valence-corrected chi connectivity index (χ4v) is 2.03. The highest BCUT2D eigenvalue weighted by atomic mass is 79.9. The second-order valence-corrected chi connectivity index (χ2v) is 4.44. The Kier molecular flexibility index (Phi) is 4.91. The SMILES string of the molecule is C=CCC(Nc1cccc(Br)c1C(N)=O)C(=O)O. The highest BCUT2D eigenvalue weighted by Gasteiger charge is 2.19. The number of amides is 1. The van der Waals surface area contributed by atoms with Gasteiger partial charge in [-0.05, 0) is 34.5 Å². The van der Waals surface area contributed by atoms with Gasteiger partial charge in [-0.15, -0.1) is 6.58 Å². The van der Waals surface area contributed by atoms with Gasteiger partial charge in [0.25, 0.3) is 5.91 Å². The number of halogens is 1. The van der Waals surface area contributed by atoms with Gasteiger partial charge in [0.05, 0.1) is 5.56 Å². The van der Waals surface area contributed by atoms with Gasteiger partial charge in [0.2, 0.25) is 0 Å². The zero-order valence-corrected chi connectivity index (χ0v) is 11.1. The molecular weight excluding hydrogens is 300 g/mol. The van der Waals surface area contributed by atoms with E-state index in [1.807, 2.05) is 0 Å². The molecule has 5 nitrogen and oxygen atoms in total. The van der Waals surface area contributed by atoms with E-state index in [4.69, 9.17) is 10.8 Å². The van der Waals surface area contributed by atoms with E-state index in [1.54, 1.807) is 18.2 Å². The lowest BCUT2D eigenvalue weighted by atomic mass is 10.1. The van der Waals surface area contributed by atoms with Crippen LogP contribution >= 0.6 is 15.9 Å². The molecule has 0 heterocycles. The van der Waals surface area contributed by atoms with Crippen molar-refractivity contribution in [2.45, 2.75) is 12.5 Å². The van der Waals surface area contributed by atoms with Crippen molar-refractivity contribution in [3.63, 3.8) is 0 Å². The van der Waals surface area contributed by atoms with Crippen molar-refractivity contribution in [2.75, 3.05) is 5.32 Å². The summed E-state index contributed by atoms with van der Waals surface area (Å²) in [4.78, 5) is 22.4. The first-order valence-electron chi connectivity index (χ1n) is 5.16. The zero-order valence-electron chi connectivity index (χ0n) is 9.52. The van der Waals surface area contributed by atoms with E-state index < -0.39 is 17.9 Å². The molecule has 18 heavy (non-hydrogen) atoms. The molecule has 0 fully saturated rings. The Morgan fingerprint density at radius 3 is 2.72 bits per heavy atom. The average Bonchev–Trinajstić information content (AvgIpc) is 2.27. The van der Waals surface area contributed by atoms with Gasteiger partial charge in [-0.2, -0.15) is 0 Å². The molecule has 1 aromatic rings. The first kappa shape index (κ1) is 14.2. The summed E-state index contributed by atoms with van der Waals surface area (Å²) in [6.07, 6.45) is 1.73. The molecule has 4 N–H and O–H groups in total. The third-order valence-corrected chi connectivity index (χ3v) is 2.95. The van der Waals surface area contributed by atoms with Crippen LogP contribution in [-0.2, 0) is 4.79 Å². The molecular formula is C12H13BrN2O3. The number of rotatable bonds is 6. The number of carboxylic acid groups (broad SMARTS) is 1. The smallest absolute Gasteiger partial charge is 0.326 e. The van der Waals surface area contributed by atoms with Gasteiger partial charge in [-0.25, -0.2) is 4.79 Å². The summed E-state index contributed by atoms with van der Waals surface area (Å²) in [7, 11) is 0. The first-order valence-corrected chi connectivity index (χ1v) is 5.95. The molecule has 0 spiro atoms. The number of primary amides is 1. The molecule has 0 aliphatic heterocycles. The van der Waals surface area contributed by atoms with E-state index in [-0.39, 0.29) is 12.0 Å². The van der Waals surface area contributed by atoms with Crippen LogP contribution in [0.3, 0.4) is 0 Å². The lowest BCUT2D eigenvalue weighted by Crippen LogP contribution is -2.30. The Balaban J connectivity index is 3.09. The van der Waals surface area contributed by atoms with Crippen LogP contribution in [0, 0.1) is 0 Å². The van der Waals surface area contributed by atoms with Crippen LogP contribution < -0.4 is 11.1 Å². The Bertz CT molecular complexity index is 488. The van der Waals surface area contributed by atoms with Crippen molar-refractivity contribution >= 4 is 33.5 Å². The molecule has 1 amide bonds. The number of carboxylic acids is 1. The highest BCUT2D eigenvalue weighted by molar-refractivity contribution is 9.10. The van der Waals surface area contributed by atoms with Crippen molar-refractivity contribution < 1.29 is 14.7 Å². The molecule has 0 saturated heterocycles. The van der Waals surface area contributed by atoms with Crippen molar-refractivity contribution in [1.82, 2.24) is 0 Å². The Morgan fingerprint density at radius 1 is 1.56 bits per heavy atom. The zero-order chi connectivity index (χ0) is 13.7. The van der Waals surface area contributed by atoms with Crippen LogP contribution in [0.25, 0.3) is 0 Å². The molecule has 96 valence electrons. The maximum atomic E-state index is 11.3. The second-order valence-electron chi connectivity index (χ2n) is 3.59. The van der Waals surface area contributed by atoms with Crippen molar-refractivity contribution in [3.8, 4) is 0 Å². The lowest BCUT2D eigenvalue weighted by Gasteiger charge is -2.16. The number of carbonyl (C=O) groups is 2. The summed E-state index contributed by atoms with van der Waals surface area (Å²) in [6, 6.07) is 4.10. The van der Waals surface area contributed by atoms with Crippen LogP contribution in [0.15, 0.2) is 35.3 Å². The number of carbonyl (C=O) groups excluding carboxylic acids is 1. The predicted molar refractivity (Wildman–Crippen MR) is 72.5 cm³/mol. The Hall–Kier alpha value is -1.82. The molecule has 0 radical (unpaired) electrons. The number of aliphatic carboxylic acids is 1. The molecule has 0 aromatic heterocycles. The van der Waals surface area contributed by atoms with Gasteiger partial charge in [0, 0.05) is 10.2 Å². The van der Waals surface area contributed by atoms with E-state index >= 15 is 0 Å². The summed E-state index contributed by atoms with van der Waals surface area (Å²) in [6.45, 7) is 3.50.